The number of nitrogens with zero attached hydrogens (tertiary/aromatic N) is 2. The first-order valence-electron chi connectivity index (χ1n) is 6.90. The van der Waals surface area contributed by atoms with Crippen LogP contribution in [0.4, 0.5) is 13.2 Å². The quantitative estimate of drug-likeness (QED) is 0.831. The van der Waals surface area contributed by atoms with Gasteiger partial charge in [-0.25, -0.2) is 18.1 Å². The number of hydrogen-bond donors (Lipinski definition) is 1. The molecule has 0 atom stereocenters. The van der Waals surface area contributed by atoms with E-state index in [1.165, 1.54) is 31.4 Å². The van der Waals surface area contributed by atoms with Crippen molar-refractivity contribution in [3.63, 3.8) is 0 Å². The van der Waals surface area contributed by atoms with Crippen molar-refractivity contribution < 1.29 is 31.1 Å². The third-order valence-electron chi connectivity index (χ3n) is 3.12. The molecular weight excluding hydrogens is 363 g/mol. The standard InChI is InChI=1S/C14H14F3N3O4S/c1-24-10-2-4-11(5-3-10)25(22,23)19-13(21)12-8-20(9-18-12)7-6-14(15,16)17/h2-5,8-9H,6-7H2,1H3,(H,19,21). The van der Waals surface area contributed by atoms with Crippen molar-refractivity contribution in [2.75, 3.05) is 7.11 Å². The topological polar surface area (TPSA) is 90.3 Å². The zero-order chi connectivity index (χ0) is 18.7. The van der Waals surface area contributed by atoms with Crippen LogP contribution in [0, 0.1) is 0 Å². The van der Waals surface area contributed by atoms with Gasteiger partial charge in [0.05, 0.1) is 24.8 Å². The number of aryl methyl sites for hydroxylation is 1. The first-order chi connectivity index (χ1) is 11.6. The van der Waals surface area contributed by atoms with Crippen LogP contribution in [0.5, 0.6) is 5.75 Å². The largest absolute Gasteiger partial charge is 0.497 e. The molecule has 7 nitrogen and oxygen atoms in total. The van der Waals surface area contributed by atoms with Gasteiger partial charge >= 0.3 is 6.18 Å². The van der Waals surface area contributed by atoms with Crippen molar-refractivity contribution in [2.45, 2.75) is 24.0 Å². The smallest absolute Gasteiger partial charge is 0.390 e. The van der Waals surface area contributed by atoms with Gasteiger partial charge in [-0.2, -0.15) is 13.2 Å². The molecule has 0 saturated heterocycles. The van der Waals surface area contributed by atoms with Gasteiger partial charge in [0.25, 0.3) is 15.9 Å². The highest BCUT2D eigenvalue weighted by Gasteiger charge is 2.27. The molecule has 0 spiro atoms. The van der Waals surface area contributed by atoms with E-state index in [0.717, 1.165) is 17.1 Å². The summed E-state index contributed by atoms with van der Waals surface area (Å²) in [5, 5.41) is 0. The third kappa shape index (κ3) is 5.21. The number of imidazole rings is 1. The zero-order valence-corrected chi connectivity index (χ0v) is 13.8. The zero-order valence-electron chi connectivity index (χ0n) is 12.9. The van der Waals surface area contributed by atoms with E-state index in [0.29, 0.717) is 5.75 Å². The van der Waals surface area contributed by atoms with E-state index in [1.54, 1.807) is 4.72 Å². The summed E-state index contributed by atoms with van der Waals surface area (Å²) in [6, 6.07) is 5.31. The summed E-state index contributed by atoms with van der Waals surface area (Å²) in [6.07, 6.45) is -3.36. The molecule has 1 aromatic carbocycles. The van der Waals surface area contributed by atoms with Crippen molar-refractivity contribution in [3.05, 3.63) is 42.5 Å². The van der Waals surface area contributed by atoms with Crippen LogP contribution in [-0.4, -0.2) is 37.2 Å². The Morgan fingerprint density at radius 2 is 1.92 bits per heavy atom. The van der Waals surface area contributed by atoms with Crippen LogP contribution < -0.4 is 9.46 Å². The lowest BCUT2D eigenvalue weighted by Gasteiger charge is -2.07. The van der Waals surface area contributed by atoms with E-state index < -0.39 is 35.1 Å². The van der Waals surface area contributed by atoms with Crippen molar-refractivity contribution in [1.82, 2.24) is 14.3 Å². The summed E-state index contributed by atoms with van der Waals surface area (Å²) in [5.41, 5.74) is -0.306. The van der Waals surface area contributed by atoms with Crippen LogP contribution in [0.2, 0.25) is 0 Å². The van der Waals surface area contributed by atoms with Crippen LogP contribution in [0.3, 0.4) is 0 Å². The van der Waals surface area contributed by atoms with Gasteiger partial charge in [0.1, 0.15) is 11.4 Å². The maximum atomic E-state index is 12.2. The molecular formula is C14H14F3N3O4S. The summed E-state index contributed by atoms with van der Waals surface area (Å²) in [7, 11) is -2.73. The predicted molar refractivity (Wildman–Crippen MR) is 80.5 cm³/mol. The summed E-state index contributed by atoms with van der Waals surface area (Å²) >= 11 is 0. The molecule has 0 bridgehead atoms. The number of nitrogens with one attached hydrogen (secondary N) is 1. The Hall–Kier alpha value is -2.56. The molecule has 2 rings (SSSR count). The molecule has 0 aliphatic rings. The van der Waals surface area contributed by atoms with E-state index in [4.69, 9.17) is 4.74 Å². The lowest BCUT2D eigenvalue weighted by Crippen LogP contribution is -2.30. The van der Waals surface area contributed by atoms with Gasteiger partial charge in [-0.3, -0.25) is 4.79 Å². The van der Waals surface area contributed by atoms with Gasteiger partial charge in [0, 0.05) is 12.7 Å². The van der Waals surface area contributed by atoms with E-state index >= 15 is 0 Å². The van der Waals surface area contributed by atoms with Crippen molar-refractivity contribution in [2.24, 2.45) is 0 Å². The van der Waals surface area contributed by atoms with Crippen molar-refractivity contribution in [1.29, 1.82) is 0 Å². The minimum Gasteiger partial charge on any atom is -0.497 e. The molecule has 0 unspecified atom stereocenters. The maximum Gasteiger partial charge on any atom is 0.390 e. The van der Waals surface area contributed by atoms with Crippen LogP contribution in [0.15, 0.2) is 41.7 Å². The van der Waals surface area contributed by atoms with Gasteiger partial charge in [-0.1, -0.05) is 0 Å². The molecule has 136 valence electrons. The molecule has 25 heavy (non-hydrogen) atoms. The fourth-order valence-corrected chi connectivity index (χ4v) is 2.80. The fourth-order valence-electron chi connectivity index (χ4n) is 1.84. The molecule has 1 amide bonds. The van der Waals surface area contributed by atoms with Crippen LogP contribution in [0.1, 0.15) is 16.9 Å². The van der Waals surface area contributed by atoms with Crippen LogP contribution in [-0.2, 0) is 16.6 Å². The van der Waals surface area contributed by atoms with Crippen molar-refractivity contribution >= 4 is 15.9 Å². The Balaban J connectivity index is 2.06. The number of halogens is 3. The number of carbonyl (C=O) groups is 1. The number of sulfonamides is 1. The van der Waals surface area contributed by atoms with Gasteiger partial charge in [-0.15, -0.1) is 0 Å². The second-order valence-electron chi connectivity index (χ2n) is 4.97. The van der Waals surface area contributed by atoms with Crippen LogP contribution in [0.25, 0.3) is 0 Å². The Morgan fingerprint density at radius 1 is 1.28 bits per heavy atom. The van der Waals surface area contributed by atoms with Gasteiger partial charge < -0.3 is 9.30 Å². The van der Waals surface area contributed by atoms with E-state index in [2.05, 4.69) is 4.98 Å². The minimum atomic E-state index is -4.34. The summed E-state index contributed by atoms with van der Waals surface area (Å²) in [5.74, 6) is -0.602. The molecule has 0 fully saturated rings. The van der Waals surface area contributed by atoms with Crippen molar-refractivity contribution in [3.8, 4) is 5.75 Å². The monoisotopic (exact) mass is 377 g/mol. The summed E-state index contributed by atoms with van der Waals surface area (Å²) in [6.45, 7) is -0.422. The predicted octanol–water partition coefficient (Wildman–Crippen LogP) is 1.96. The Kier molecular flexibility index (Phi) is 5.36. The SMILES string of the molecule is COc1ccc(S(=O)(=O)NC(=O)c2cn(CCC(F)(F)F)cn2)cc1. The number of ether oxygens (including phenoxy) is 1. The average Bonchev–Trinajstić information content (AvgIpc) is 3.01. The Labute approximate surface area is 141 Å². The fraction of sp³-hybridized carbons (Fsp3) is 0.286. The second-order valence-corrected chi connectivity index (χ2v) is 6.65. The molecule has 11 heteroatoms. The minimum absolute atomic E-state index is 0.168. The van der Waals surface area contributed by atoms with E-state index in [9.17, 15) is 26.4 Å². The number of benzene rings is 1. The molecule has 2 aromatic rings. The summed E-state index contributed by atoms with van der Waals surface area (Å²) in [4.78, 5) is 15.4. The number of methoxy groups -OCH3 is 1. The van der Waals surface area contributed by atoms with E-state index in [1.807, 2.05) is 0 Å². The molecule has 1 heterocycles. The highest BCUT2D eigenvalue weighted by atomic mass is 32.2. The average molecular weight is 377 g/mol. The molecule has 0 aliphatic carbocycles. The molecule has 1 N–H and O–H groups in total. The third-order valence-corrected chi connectivity index (χ3v) is 4.46. The molecule has 0 aliphatic heterocycles. The lowest BCUT2D eigenvalue weighted by atomic mass is 10.3. The number of aromatic nitrogens is 2. The Bertz CT molecular complexity index is 845. The molecule has 0 radical (unpaired) electrons. The van der Waals surface area contributed by atoms with E-state index in [-0.39, 0.29) is 10.6 Å². The number of carbonyl (C=O) groups excluding carboxylic acids is 1. The highest BCUT2D eigenvalue weighted by molar-refractivity contribution is 7.90. The molecule has 0 saturated carbocycles. The number of rotatable bonds is 6. The summed E-state index contributed by atoms with van der Waals surface area (Å²) < 4.78 is 68.5. The van der Waals surface area contributed by atoms with Crippen LogP contribution >= 0.6 is 0 Å². The Morgan fingerprint density at radius 3 is 2.48 bits per heavy atom. The molecule has 1 aromatic heterocycles. The van der Waals surface area contributed by atoms with Gasteiger partial charge in [0.2, 0.25) is 0 Å². The number of alkyl halides is 3. The highest BCUT2D eigenvalue weighted by Crippen LogP contribution is 2.20. The lowest BCUT2D eigenvalue weighted by molar-refractivity contribution is -0.136. The van der Waals surface area contributed by atoms with Gasteiger partial charge in [0.15, 0.2) is 0 Å². The first kappa shape index (κ1) is 18.8. The number of hydrogen-bond acceptors (Lipinski definition) is 5. The second kappa shape index (κ2) is 7.13. The normalized spacial score (nSPS) is 12.0. The first-order valence-corrected chi connectivity index (χ1v) is 8.39. The maximum absolute atomic E-state index is 12.2. The van der Waals surface area contributed by atoms with Gasteiger partial charge in [-0.05, 0) is 24.3 Å². The number of amides is 1.